The first kappa shape index (κ1) is 17.3. The normalized spacial score (nSPS) is 13.1. The van der Waals surface area contributed by atoms with Crippen molar-refractivity contribution in [3.8, 4) is 5.75 Å². The van der Waals surface area contributed by atoms with Gasteiger partial charge in [-0.3, -0.25) is 20.2 Å². The van der Waals surface area contributed by atoms with E-state index in [0.717, 1.165) is 0 Å². The van der Waals surface area contributed by atoms with E-state index in [0.29, 0.717) is 22.4 Å². The molecule has 0 amide bonds. The molecule has 1 heterocycles. The van der Waals surface area contributed by atoms with E-state index in [1.54, 1.807) is 6.07 Å². The van der Waals surface area contributed by atoms with Crippen LogP contribution in [0.4, 0.5) is 11.4 Å². The fourth-order valence-corrected chi connectivity index (χ4v) is 2.42. The van der Waals surface area contributed by atoms with Crippen molar-refractivity contribution in [1.82, 2.24) is 0 Å². The van der Waals surface area contributed by atoms with Crippen molar-refractivity contribution in [2.24, 2.45) is 5.16 Å². The van der Waals surface area contributed by atoms with E-state index in [9.17, 15) is 20.2 Å². The third-order valence-corrected chi connectivity index (χ3v) is 3.56. The molecule has 2 aromatic carbocycles. The predicted molar refractivity (Wildman–Crippen MR) is 88.9 cm³/mol. The van der Waals surface area contributed by atoms with Crippen molar-refractivity contribution in [2.75, 3.05) is 6.79 Å². The highest BCUT2D eigenvalue weighted by molar-refractivity contribution is 5.80. The third-order valence-electron chi connectivity index (χ3n) is 3.56. The number of nitrogens with zero attached hydrogens (tertiary/aromatic N) is 3. The van der Waals surface area contributed by atoms with Gasteiger partial charge in [0, 0.05) is 41.0 Å². The molecule has 0 atom stereocenters. The van der Waals surface area contributed by atoms with Crippen LogP contribution in [-0.2, 0) is 22.8 Å². The number of fused-ring (bicyclic) bond motifs is 1. The zero-order valence-electron chi connectivity index (χ0n) is 13.4. The average molecular weight is 359 g/mol. The third kappa shape index (κ3) is 3.92. The maximum atomic E-state index is 11.0. The average Bonchev–Trinajstić information content (AvgIpc) is 2.65. The summed E-state index contributed by atoms with van der Waals surface area (Å²) in [5, 5.41) is 25.5. The molecule has 0 aromatic heterocycles. The molecule has 10 nitrogen and oxygen atoms in total. The summed E-state index contributed by atoms with van der Waals surface area (Å²) in [6, 6.07) is 8.63. The number of benzene rings is 2. The van der Waals surface area contributed by atoms with Crippen LogP contribution in [0.5, 0.6) is 5.75 Å². The standard InChI is InChI=1S/C16H13N3O7/c20-18(21)14-3-1-2-11(4-14)7-17-26-9-13-6-15(19(22)23)5-12-8-24-10-25-16(12)13/h1-7H,8-10H2. The van der Waals surface area contributed by atoms with E-state index >= 15 is 0 Å². The maximum Gasteiger partial charge on any atom is 0.270 e. The Kier molecular flexibility index (Phi) is 5.04. The topological polar surface area (TPSA) is 126 Å². The summed E-state index contributed by atoms with van der Waals surface area (Å²) in [4.78, 5) is 25.9. The van der Waals surface area contributed by atoms with Crippen molar-refractivity contribution < 1.29 is 24.2 Å². The van der Waals surface area contributed by atoms with Crippen LogP contribution in [0.1, 0.15) is 16.7 Å². The predicted octanol–water partition coefficient (Wildman–Crippen LogP) is 2.92. The lowest BCUT2D eigenvalue weighted by atomic mass is 10.1. The molecule has 26 heavy (non-hydrogen) atoms. The number of nitro groups is 2. The number of nitro benzene ring substituents is 2. The van der Waals surface area contributed by atoms with Gasteiger partial charge in [-0.15, -0.1) is 0 Å². The summed E-state index contributed by atoms with van der Waals surface area (Å²) in [6.45, 7) is 0.200. The first-order chi connectivity index (χ1) is 12.5. The number of hydrogen-bond donors (Lipinski definition) is 0. The first-order valence-electron chi connectivity index (χ1n) is 7.45. The van der Waals surface area contributed by atoms with Crippen molar-refractivity contribution >= 4 is 17.6 Å². The molecule has 0 unspecified atom stereocenters. The lowest BCUT2D eigenvalue weighted by molar-refractivity contribution is -0.385. The smallest absolute Gasteiger partial charge is 0.270 e. The largest absolute Gasteiger partial charge is 0.467 e. The maximum absolute atomic E-state index is 11.0. The number of hydrogen-bond acceptors (Lipinski definition) is 8. The zero-order chi connectivity index (χ0) is 18.5. The monoisotopic (exact) mass is 359 g/mol. The second-order valence-electron chi connectivity index (χ2n) is 5.32. The van der Waals surface area contributed by atoms with Gasteiger partial charge in [0.1, 0.15) is 12.4 Å². The van der Waals surface area contributed by atoms with Crippen LogP contribution in [0, 0.1) is 20.2 Å². The summed E-state index contributed by atoms with van der Waals surface area (Å²) in [5.41, 5.74) is 1.36. The Bertz CT molecular complexity index is 882. The number of non-ortho nitro benzene ring substituents is 2. The van der Waals surface area contributed by atoms with Crippen LogP contribution in [0.25, 0.3) is 0 Å². The van der Waals surface area contributed by atoms with Gasteiger partial charge < -0.3 is 14.3 Å². The fraction of sp³-hybridized carbons (Fsp3) is 0.188. The Morgan fingerprint density at radius 2 is 1.96 bits per heavy atom. The molecular weight excluding hydrogens is 346 g/mol. The Morgan fingerprint density at radius 3 is 2.73 bits per heavy atom. The molecule has 0 bridgehead atoms. The molecule has 0 fully saturated rings. The summed E-state index contributed by atoms with van der Waals surface area (Å²) in [7, 11) is 0. The molecule has 2 aromatic rings. The Balaban J connectivity index is 1.73. The van der Waals surface area contributed by atoms with E-state index in [1.807, 2.05) is 0 Å². The van der Waals surface area contributed by atoms with Crippen LogP contribution >= 0.6 is 0 Å². The number of rotatable bonds is 6. The van der Waals surface area contributed by atoms with Gasteiger partial charge in [0.15, 0.2) is 6.79 Å². The lowest BCUT2D eigenvalue weighted by Gasteiger charge is -2.19. The Morgan fingerprint density at radius 1 is 1.15 bits per heavy atom. The van der Waals surface area contributed by atoms with Gasteiger partial charge in [0.05, 0.1) is 22.7 Å². The second-order valence-corrected chi connectivity index (χ2v) is 5.32. The van der Waals surface area contributed by atoms with Gasteiger partial charge in [-0.25, -0.2) is 0 Å². The second kappa shape index (κ2) is 7.57. The van der Waals surface area contributed by atoms with E-state index in [2.05, 4.69) is 5.16 Å². The summed E-state index contributed by atoms with van der Waals surface area (Å²) in [5.74, 6) is 0.479. The summed E-state index contributed by atoms with van der Waals surface area (Å²) < 4.78 is 10.5. The molecule has 10 heteroatoms. The minimum absolute atomic E-state index is 0.0504. The molecule has 1 aliphatic heterocycles. The van der Waals surface area contributed by atoms with Crippen molar-refractivity contribution in [1.29, 1.82) is 0 Å². The number of oxime groups is 1. The fourth-order valence-electron chi connectivity index (χ4n) is 2.42. The van der Waals surface area contributed by atoms with Crippen molar-refractivity contribution in [3.05, 3.63) is 73.3 Å². The SMILES string of the molecule is O=[N+]([O-])c1cccc(C=NOCc2cc([N+](=O)[O-])cc3c2OCOC3)c1. The number of ether oxygens (including phenoxy) is 2. The van der Waals surface area contributed by atoms with E-state index < -0.39 is 9.85 Å². The quantitative estimate of drug-likeness (QED) is 0.441. The highest BCUT2D eigenvalue weighted by Crippen LogP contribution is 2.33. The van der Waals surface area contributed by atoms with Gasteiger partial charge >= 0.3 is 0 Å². The molecule has 1 aliphatic rings. The van der Waals surface area contributed by atoms with Crippen LogP contribution < -0.4 is 4.74 Å². The van der Waals surface area contributed by atoms with Gasteiger partial charge in [0.2, 0.25) is 0 Å². The highest BCUT2D eigenvalue weighted by atomic mass is 16.7. The van der Waals surface area contributed by atoms with Crippen LogP contribution in [0.15, 0.2) is 41.6 Å². The zero-order valence-corrected chi connectivity index (χ0v) is 13.4. The van der Waals surface area contributed by atoms with Crippen LogP contribution in [0.3, 0.4) is 0 Å². The first-order valence-corrected chi connectivity index (χ1v) is 7.45. The van der Waals surface area contributed by atoms with Crippen molar-refractivity contribution in [2.45, 2.75) is 13.2 Å². The molecule has 0 N–H and O–H groups in total. The lowest BCUT2D eigenvalue weighted by Crippen LogP contribution is -2.13. The highest BCUT2D eigenvalue weighted by Gasteiger charge is 2.21. The van der Waals surface area contributed by atoms with Crippen LogP contribution in [-0.4, -0.2) is 22.9 Å². The van der Waals surface area contributed by atoms with Crippen molar-refractivity contribution in [3.63, 3.8) is 0 Å². The molecule has 0 aliphatic carbocycles. The van der Waals surface area contributed by atoms with E-state index in [-0.39, 0.29) is 31.4 Å². The van der Waals surface area contributed by atoms with E-state index in [1.165, 1.54) is 36.5 Å². The molecule has 0 saturated carbocycles. The van der Waals surface area contributed by atoms with Gasteiger partial charge in [-0.05, 0) is 0 Å². The Labute approximate surface area is 146 Å². The molecule has 0 radical (unpaired) electrons. The van der Waals surface area contributed by atoms with Gasteiger partial charge in [0.25, 0.3) is 11.4 Å². The van der Waals surface area contributed by atoms with E-state index in [4.69, 9.17) is 14.3 Å². The summed E-state index contributed by atoms with van der Waals surface area (Å²) in [6.07, 6.45) is 1.32. The molecular formula is C16H13N3O7. The Hall–Kier alpha value is -3.53. The molecule has 134 valence electrons. The molecule has 0 saturated heterocycles. The minimum Gasteiger partial charge on any atom is -0.467 e. The van der Waals surface area contributed by atoms with Gasteiger partial charge in [-0.1, -0.05) is 17.3 Å². The summed E-state index contributed by atoms with van der Waals surface area (Å²) >= 11 is 0. The van der Waals surface area contributed by atoms with Gasteiger partial charge in [-0.2, -0.15) is 0 Å². The molecule has 0 spiro atoms. The molecule has 3 rings (SSSR count). The minimum atomic E-state index is -0.509. The van der Waals surface area contributed by atoms with Crippen LogP contribution in [0.2, 0.25) is 0 Å².